The van der Waals surface area contributed by atoms with Crippen molar-refractivity contribution >= 4 is 11.6 Å². The Morgan fingerprint density at radius 2 is 1.93 bits per heavy atom. The van der Waals surface area contributed by atoms with Crippen LogP contribution in [0.2, 0.25) is 5.02 Å². The maximum Gasteiger partial charge on any atom is 0.416 e. The van der Waals surface area contributed by atoms with Crippen LogP contribution in [0.4, 0.5) is 13.2 Å². The zero-order valence-corrected chi connectivity index (χ0v) is 14.7. The standard InChI is InChI=1S/C17H14ClF3N4O2/c1-27-14-7-13(18)12(6-9(14)8-22)15-23-16(26)25(24-15)11-4-2-10(3-5-11)17(19,20)21/h2-7H,8,22H2,1H3,(H,23,24,26). The smallest absolute Gasteiger partial charge is 0.416 e. The predicted molar refractivity (Wildman–Crippen MR) is 94.1 cm³/mol. The molecule has 3 N–H and O–H groups in total. The van der Waals surface area contributed by atoms with Crippen LogP contribution in [0, 0.1) is 0 Å². The fraction of sp³-hybridized carbons (Fsp3) is 0.176. The van der Waals surface area contributed by atoms with E-state index in [9.17, 15) is 18.0 Å². The molecule has 3 rings (SSSR count). The fourth-order valence-electron chi connectivity index (χ4n) is 2.54. The average Bonchev–Trinajstić information content (AvgIpc) is 3.02. The molecular formula is C17H14ClF3N4O2. The average molecular weight is 399 g/mol. The van der Waals surface area contributed by atoms with Gasteiger partial charge in [-0.05, 0) is 36.4 Å². The lowest BCUT2D eigenvalue weighted by atomic mass is 10.1. The number of halogens is 4. The second-order valence-corrected chi connectivity index (χ2v) is 5.99. The molecular weight excluding hydrogens is 385 g/mol. The first kappa shape index (κ1) is 19.0. The van der Waals surface area contributed by atoms with E-state index in [2.05, 4.69) is 10.1 Å². The molecule has 142 valence electrons. The summed E-state index contributed by atoms with van der Waals surface area (Å²) in [5, 5.41) is 4.41. The SMILES string of the molecule is COc1cc(Cl)c(-c2nn(-c3ccc(C(F)(F)F)cc3)c(=O)[nH]2)cc1CN. The molecule has 27 heavy (non-hydrogen) atoms. The minimum Gasteiger partial charge on any atom is -0.496 e. The predicted octanol–water partition coefficient (Wildman–Crippen LogP) is 3.37. The number of nitrogens with zero attached hydrogens (tertiary/aromatic N) is 2. The number of aromatic nitrogens is 3. The molecule has 0 aliphatic rings. The molecule has 6 nitrogen and oxygen atoms in total. The number of ether oxygens (including phenoxy) is 1. The molecule has 0 bridgehead atoms. The van der Waals surface area contributed by atoms with Gasteiger partial charge in [0.15, 0.2) is 5.82 Å². The highest BCUT2D eigenvalue weighted by Crippen LogP contribution is 2.32. The number of nitrogens with two attached hydrogens (primary N) is 1. The molecule has 1 aromatic heterocycles. The second kappa shape index (κ2) is 7.09. The topological polar surface area (TPSA) is 85.9 Å². The first-order chi connectivity index (χ1) is 12.7. The first-order valence-corrected chi connectivity index (χ1v) is 8.06. The van der Waals surface area contributed by atoms with Crippen molar-refractivity contribution < 1.29 is 17.9 Å². The van der Waals surface area contributed by atoms with E-state index in [0.717, 1.165) is 28.9 Å². The van der Waals surface area contributed by atoms with Gasteiger partial charge in [0, 0.05) is 17.7 Å². The van der Waals surface area contributed by atoms with Gasteiger partial charge in [0.25, 0.3) is 0 Å². The summed E-state index contributed by atoms with van der Waals surface area (Å²) in [6.07, 6.45) is -4.46. The van der Waals surface area contributed by atoms with E-state index >= 15 is 0 Å². The van der Waals surface area contributed by atoms with E-state index in [1.165, 1.54) is 7.11 Å². The van der Waals surface area contributed by atoms with Crippen molar-refractivity contribution in [2.45, 2.75) is 12.7 Å². The molecule has 2 aromatic carbocycles. The Morgan fingerprint density at radius 3 is 2.48 bits per heavy atom. The number of alkyl halides is 3. The van der Waals surface area contributed by atoms with Gasteiger partial charge in [-0.1, -0.05) is 11.6 Å². The lowest BCUT2D eigenvalue weighted by Gasteiger charge is -2.10. The highest BCUT2D eigenvalue weighted by Gasteiger charge is 2.30. The van der Waals surface area contributed by atoms with Crippen LogP contribution < -0.4 is 16.2 Å². The maximum atomic E-state index is 12.7. The third-order valence-electron chi connectivity index (χ3n) is 3.90. The third kappa shape index (κ3) is 3.69. The summed E-state index contributed by atoms with van der Waals surface area (Å²) in [4.78, 5) is 14.8. The van der Waals surface area contributed by atoms with E-state index in [4.69, 9.17) is 22.1 Å². The normalized spacial score (nSPS) is 11.6. The largest absolute Gasteiger partial charge is 0.496 e. The summed E-state index contributed by atoms with van der Waals surface area (Å²) in [5.74, 6) is 0.651. The molecule has 0 spiro atoms. The molecule has 0 aliphatic carbocycles. The number of rotatable bonds is 4. The van der Waals surface area contributed by atoms with Gasteiger partial charge in [-0.25, -0.2) is 4.79 Å². The van der Waals surface area contributed by atoms with Gasteiger partial charge < -0.3 is 10.5 Å². The number of nitrogens with one attached hydrogen (secondary N) is 1. The van der Waals surface area contributed by atoms with Gasteiger partial charge >= 0.3 is 11.9 Å². The van der Waals surface area contributed by atoms with Gasteiger partial charge in [-0.2, -0.15) is 17.9 Å². The molecule has 1 heterocycles. The van der Waals surface area contributed by atoms with Crippen LogP contribution in [0.25, 0.3) is 17.1 Å². The minimum absolute atomic E-state index is 0.155. The first-order valence-electron chi connectivity index (χ1n) is 7.68. The van der Waals surface area contributed by atoms with Crippen molar-refractivity contribution in [1.29, 1.82) is 0 Å². The minimum atomic E-state index is -4.46. The van der Waals surface area contributed by atoms with Crippen molar-refractivity contribution in [3.8, 4) is 22.8 Å². The molecule has 0 aliphatic heterocycles. The summed E-state index contributed by atoms with van der Waals surface area (Å²) in [5.41, 5.74) is 5.50. The van der Waals surface area contributed by atoms with Crippen LogP contribution in [-0.4, -0.2) is 21.9 Å². The van der Waals surface area contributed by atoms with E-state index in [1.807, 2.05) is 0 Å². The van der Waals surface area contributed by atoms with Crippen LogP contribution in [0.1, 0.15) is 11.1 Å². The molecule has 3 aromatic rings. The zero-order valence-electron chi connectivity index (χ0n) is 14.0. The highest BCUT2D eigenvalue weighted by molar-refractivity contribution is 6.33. The highest BCUT2D eigenvalue weighted by atomic mass is 35.5. The number of H-pyrrole nitrogens is 1. The number of hydrogen-bond acceptors (Lipinski definition) is 4. The number of benzene rings is 2. The van der Waals surface area contributed by atoms with Crippen molar-refractivity contribution in [2.24, 2.45) is 5.73 Å². The Morgan fingerprint density at radius 1 is 1.26 bits per heavy atom. The summed E-state index contributed by atoms with van der Waals surface area (Å²) in [6, 6.07) is 7.27. The van der Waals surface area contributed by atoms with Gasteiger partial charge in [0.1, 0.15) is 5.75 Å². The number of methoxy groups -OCH3 is 1. The number of aromatic amines is 1. The molecule has 0 fully saturated rings. The lowest BCUT2D eigenvalue weighted by Crippen LogP contribution is -2.16. The van der Waals surface area contributed by atoms with E-state index < -0.39 is 17.4 Å². The monoisotopic (exact) mass is 398 g/mol. The van der Waals surface area contributed by atoms with Gasteiger partial charge in [-0.15, -0.1) is 5.10 Å². The number of hydrogen-bond donors (Lipinski definition) is 2. The lowest BCUT2D eigenvalue weighted by molar-refractivity contribution is -0.137. The molecule has 0 saturated carbocycles. The Labute approximate surface area is 156 Å². The van der Waals surface area contributed by atoms with Crippen molar-refractivity contribution in [3.63, 3.8) is 0 Å². The van der Waals surface area contributed by atoms with Crippen LogP contribution in [0.3, 0.4) is 0 Å². The van der Waals surface area contributed by atoms with Crippen LogP contribution in [0.5, 0.6) is 5.75 Å². The Bertz CT molecular complexity index is 1030. The molecule has 0 saturated heterocycles. The summed E-state index contributed by atoms with van der Waals surface area (Å²) < 4.78 is 44.2. The maximum absolute atomic E-state index is 12.7. The van der Waals surface area contributed by atoms with Crippen LogP contribution >= 0.6 is 11.6 Å². The molecule has 0 radical (unpaired) electrons. The Balaban J connectivity index is 2.04. The van der Waals surface area contributed by atoms with Crippen molar-refractivity contribution in [3.05, 3.63) is 63.0 Å². The van der Waals surface area contributed by atoms with Gasteiger partial charge in [0.05, 0.1) is 23.4 Å². The van der Waals surface area contributed by atoms with Crippen molar-refractivity contribution in [1.82, 2.24) is 14.8 Å². The quantitative estimate of drug-likeness (QED) is 0.705. The zero-order chi connectivity index (χ0) is 19.8. The third-order valence-corrected chi connectivity index (χ3v) is 4.21. The van der Waals surface area contributed by atoms with Gasteiger partial charge in [0.2, 0.25) is 0 Å². The second-order valence-electron chi connectivity index (χ2n) is 5.58. The Hall–Kier alpha value is -2.78. The molecule has 0 atom stereocenters. The van der Waals surface area contributed by atoms with Crippen molar-refractivity contribution in [2.75, 3.05) is 7.11 Å². The summed E-state index contributed by atoms with van der Waals surface area (Å²) in [6.45, 7) is 0.178. The Kier molecular flexibility index (Phi) is 4.99. The van der Waals surface area contributed by atoms with Crippen LogP contribution in [0.15, 0.2) is 41.2 Å². The fourth-order valence-corrected chi connectivity index (χ4v) is 2.79. The van der Waals surface area contributed by atoms with E-state index in [0.29, 0.717) is 16.9 Å². The van der Waals surface area contributed by atoms with Crippen LogP contribution in [-0.2, 0) is 12.7 Å². The molecule has 0 unspecified atom stereocenters. The van der Waals surface area contributed by atoms with E-state index in [-0.39, 0.29) is 23.1 Å². The van der Waals surface area contributed by atoms with E-state index in [1.54, 1.807) is 12.1 Å². The summed E-state index contributed by atoms with van der Waals surface area (Å²) >= 11 is 6.23. The van der Waals surface area contributed by atoms with Gasteiger partial charge in [-0.3, -0.25) is 4.98 Å². The summed E-state index contributed by atoms with van der Waals surface area (Å²) in [7, 11) is 1.48. The molecule has 10 heteroatoms. The molecule has 0 amide bonds.